The van der Waals surface area contributed by atoms with Gasteiger partial charge in [-0.25, -0.2) is 8.60 Å². The van der Waals surface area contributed by atoms with Crippen LogP contribution in [-0.2, 0) is 11.1 Å². The van der Waals surface area contributed by atoms with Gasteiger partial charge in [0.1, 0.15) is 0 Å². The molecule has 1 rings (SSSR count). The van der Waals surface area contributed by atoms with Crippen LogP contribution in [0.25, 0.3) is 0 Å². The molecule has 0 aliphatic heterocycles. The van der Waals surface area contributed by atoms with Gasteiger partial charge in [-0.2, -0.15) is 0 Å². The number of hydrogen-bond donors (Lipinski definition) is 2. The third kappa shape index (κ3) is 2.60. The minimum atomic E-state index is -2.49. The Balaban J connectivity index is 2.58. The number of rotatable bonds is 3. The zero-order valence-corrected chi connectivity index (χ0v) is 6.92. The van der Waals surface area contributed by atoms with E-state index in [-0.39, 0.29) is 0 Å². The first-order valence-corrected chi connectivity index (χ1v) is 4.42. The van der Waals surface area contributed by atoms with Gasteiger partial charge in [0, 0.05) is 5.69 Å². The second-order valence-corrected chi connectivity index (χ2v) is 3.07. The van der Waals surface area contributed by atoms with Crippen LogP contribution in [-0.4, -0.2) is 14.4 Å². The summed E-state index contributed by atoms with van der Waals surface area (Å²) >= 11 is -2.49. The molecule has 66 valence electrons. The van der Waals surface area contributed by atoms with Crippen LogP contribution in [0.2, 0.25) is 0 Å². The summed E-state index contributed by atoms with van der Waals surface area (Å²) in [6.07, 6.45) is 0. The minimum Gasteiger partial charge on any atom is -0.344 e. The van der Waals surface area contributed by atoms with Gasteiger partial charge < -0.3 is 9.87 Å². The minimum absolute atomic E-state index is 0.479. The summed E-state index contributed by atoms with van der Waals surface area (Å²) in [6, 6.07) is 8.40. The van der Waals surface area contributed by atoms with Gasteiger partial charge in [0.15, 0.2) is 0 Å². The van der Waals surface area contributed by atoms with E-state index in [9.17, 15) is 8.60 Å². The summed E-state index contributed by atoms with van der Waals surface area (Å²) in [5, 5.41) is 2.22. The SMILES string of the molecule is O=S(O)C(F)Nc1ccccc1. The Morgan fingerprint density at radius 3 is 2.50 bits per heavy atom. The maximum Gasteiger partial charge on any atom is 0.271 e. The number of para-hydroxylation sites is 1. The fraction of sp³-hybridized carbons (Fsp3) is 0.143. The molecule has 2 unspecified atom stereocenters. The summed E-state index contributed by atoms with van der Waals surface area (Å²) in [5.41, 5.74) is -1.46. The molecular formula is C7H8FNO2S. The first kappa shape index (κ1) is 9.15. The molecule has 0 radical (unpaired) electrons. The average Bonchev–Trinajstić information content (AvgIpc) is 2.06. The average molecular weight is 189 g/mol. The molecule has 3 nitrogen and oxygen atoms in total. The molecule has 0 amide bonds. The van der Waals surface area contributed by atoms with E-state index in [1.54, 1.807) is 30.3 Å². The lowest BCUT2D eigenvalue weighted by molar-refractivity contribution is 0.439. The van der Waals surface area contributed by atoms with E-state index in [0.29, 0.717) is 5.69 Å². The predicted octanol–water partition coefficient (Wildman–Crippen LogP) is 1.57. The zero-order valence-electron chi connectivity index (χ0n) is 6.11. The monoisotopic (exact) mass is 189 g/mol. The van der Waals surface area contributed by atoms with Crippen molar-refractivity contribution in [2.75, 3.05) is 5.32 Å². The Morgan fingerprint density at radius 2 is 2.00 bits per heavy atom. The van der Waals surface area contributed by atoms with Gasteiger partial charge >= 0.3 is 0 Å². The molecule has 0 aliphatic rings. The molecule has 0 aliphatic carbocycles. The first-order valence-electron chi connectivity index (χ1n) is 3.25. The van der Waals surface area contributed by atoms with Crippen LogP contribution in [0.4, 0.5) is 10.1 Å². The highest BCUT2D eigenvalue weighted by Gasteiger charge is 2.10. The number of alkyl halides is 1. The second kappa shape index (κ2) is 4.18. The summed E-state index contributed by atoms with van der Waals surface area (Å²) < 4.78 is 31.0. The molecule has 0 fully saturated rings. The van der Waals surface area contributed by atoms with Crippen molar-refractivity contribution < 1.29 is 13.2 Å². The number of anilines is 1. The maximum atomic E-state index is 12.5. The van der Waals surface area contributed by atoms with E-state index in [1.807, 2.05) is 0 Å². The molecule has 2 N–H and O–H groups in total. The normalized spacial score (nSPS) is 15.2. The Hall–Kier alpha value is -0.940. The van der Waals surface area contributed by atoms with E-state index < -0.39 is 16.7 Å². The van der Waals surface area contributed by atoms with Gasteiger partial charge in [-0.3, -0.25) is 0 Å². The number of benzene rings is 1. The second-order valence-electron chi connectivity index (χ2n) is 2.10. The largest absolute Gasteiger partial charge is 0.344 e. The topological polar surface area (TPSA) is 49.3 Å². The van der Waals surface area contributed by atoms with Crippen molar-refractivity contribution in [1.82, 2.24) is 0 Å². The van der Waals surface area contributed by atoms with E-state index in [2.05, 4.69) is 5.32 Å². The van der Waals surface area contributed by atoms with Gasteiger partial charge in [0.05, 0.1) is 0 Å². The lowest BCUT2D eigenvalue weighted by Gasteiger charge is -2.06. The van der Waals surface area contributed by atoms with Gasteiger partial charge in [0.2, 0.25) is 11.1 Å². The van der Waals surface area contributed by atoms with E-state index in [0.717, 1.165) is 0 Å². The Morgan fingerprint density at radius 1 is 1.42 bits per heavy atom. The Kier molecular flexibility index (Phi) is 3.19. The summed E-state index contributed by atoms with van der Waals surface area (Å²) in [6.45, 7) is 0. The van der Waals surface area contributed by atoms with Crippen LogP contribution in [0.1, 0.15) is 0 Å². The number of nitrogens with one attached hydrogen (secondary N) is 1. The Bertz CT molecular complexity index is 267. The molecule has 12 heavy (non-hydrogen) atoms. The number of halogens is 1. The molecule has 1 aromatic carbocycles. The molecule has 0 saturated carbocycles. The highest BCUT2D eigenvalue weighted by Crippen LogP contribution is 2.08. The van der Waals surface area contributed by atoms with Gasteiger partial charge in [-0.1, -0.05) is 18.2 Å². The van der Waals surface area contributed by atoms with E-state index >= 15 is 0 Å². The van der Waals surface area contributed by atoms with E-state index in [4.69, 9.17) is 4.55 Å². The molecular weight excluding hydrogens is 181 g/mol. The molecule has 1 aromatic rings. The molecule has 0 aromatic heterocycles. The third-order valence-corrected chi connectivity index (χ3v) is 1.70. The van der Waals surface area contributed by atoms with Crippen LogP contribution >= 0.6 is 0 Å². The van der Waals surface area contributed by atoms with Crippen LogP contribution < -0.4 is 5.32 Å². The standard InChI is InChI=1S/C7H8FNO2S/c8-7(12(10)11)9-6-4-2-1-3-5-6/h1-5,7,9H,(H,10,11). The van der Waals surface area contributed by atoms with Crippen molar-refractivity contribution >= 4 is 16.8 Å². The highest BCUT2D eigenvalue weighted by atomic mass is 32.2. The third-order valence-electron chi connectivity index (χ3n) is 1.23. The lowest BCUT2D eigenvalue weighted by atomic mass is 10.3. The van der Waals surface area contributed by atoms with Crippen molar-refractivity contribution in [2.24, 2.45) is 0 Å². The van der Waals surface area contributed by atoms with Crippen LogP contribution in [0.5, 0.6) is 0 Å². The van der Waals surface area contributed by atoms with Gasteiger partial charge in [-0.15, -0.1) is 0 Å². The zero-order chi connectivity index (χ0) is 8.97. The van der Waals surface area contributed by atoms with Crippen molar-refractivity contribution in [3.63, 3.8) is 0 Å². The lowest BCUT2D eigenvalue weighted by Crippen LogP contribution is -2.18. The molecule has 0 spiro atoms. The van der Waals surface area contributed by atoms with Crippen molar-refractivity contribution in [3.8, 4) is 0 Å². The van der Waals surface area contributed by atoms with E-state index in [1.165, 1.54) is 0 Å². The van der Waals surface area contributed by atoms with Crippen LogP contribution in [0.3, 0.4) is 0 Å². The summed E-state index contributed by atoms with van der Waals surface area (Å²) in [5.74, 6) is 0. The smallest absolute Gasteiger partial charge is 0.271 e. The molecule has 0 saturated heterocycles. The van der Waals surface area contributed by atoms with Gasteiger partial charge in [-0.05, 0) is 12.1 Å². The molecule has 0 bridgehead atoms. The van der Waals surface area contributed by atoms with Crippen LogP contribution in [0.15, 0.2) is 30.3 Å². The quantitative estimate of drug-likeness (QED) is 0.560. The first-order chi connectivity index (χ1) is 5.70. The van der Waals surface area contributed by atoms with Crippen LogP contribution in [0, 0.1) is 0 Å². The van der Waals surface area contributed by atoms with Gasteiger partial charge in [0.25, 0.3) is 5.63 Å². The molecule has 0 heterocycles. The Labute approximate surface area is 71.9 Å². The van der Waals surface area contributed by atoms with Crippen molar-refractivity contribution in [2.45, 2.75) is 5.63 Å². The summed E-state index contributed by atoms with van der Waals surface area (Å²) in [4.78, 5) is 0. The predicted molar refractivity (Wildman–Crippen MR) is 45.7 cm³/mol. The molecule has 2 atom stereocenters. The fourth-order valence-electron chi connectivity index (χ4n) is 0.716. The maximum absolute atomic E-state index is 12.5. The fourth-order valence-corrected chi connectivity index (χ4v) is 0.953. The highest BCUT2D eigenvalue weighted by molar-refractivity contribution is 7.79. The number of hydrogen-bond acceptors (Lipinski definition) is 2. The van der Waals surface area contributed by atoms with Crippen molar-refractivity contribution in [1.29, 1.82) is 0 Å². The molecule has 5 heteroatoms. The van der Waals surface area contributed by atoms with Crippen molar-refractivity contribution in [3.05, 3.63) is 30.3 Å². The summed E-state index contributed by atoms with van der Waals surface area (Å²) in [7, 11) is 0.